The van der Waals surface area contributed by atoms with Crippen LogP contribution in [-0.4, -0.2) is 59.1 Å². The van der Waals surface area contributed by atoms with Gasteiger partial charge in [-0.1, -0.05) is 18.2 Å². The Hall–Kier alpha value is -1.43. The molecule has 1 aromatic rings. The molecule has 2 aliphatic heterocycles. The zero-order valence-corrected chi connectivity index (χ0v) is 14.6. The summed E-state index contributed by atoms with van der Waals surface area (Å²) >= 11 is 0. The van der Waals surface area contributed by atoms with Gasteiger partial charge in [0.15, 0.2) is 0 Å². The minimum absolute atomic E-state index is 0.0247. The van der Waals surface area contributed by atoms with Crippen molar-refractivity contribution in [3.63, 3.8) is 0 Å². The zero-order valence-electron chi connectivity index (χ0n) is 14.6. The van der Waals surface area contributed by atoms with Crippen molar-refractivity contribution in [2.45, 2.75) is 51.2 Å². The molecule has 1 amide bonds. The van der Waals surface area contributed by atoms with E-state index in [-0.39, 0.29) is 12.5 Å². The van der Waals surface area contributed by atoms with E-state index in [4.69, 9.17) is 0 Å². The molecule has 0 unspecified atom stereocenters. The number of hydrogen-bond acceptors (Lipinski definition) is 4. The van der Waals surface area contributed by atoms with Crippen LogP contribution in [0.4, 0.5) is 5.69 Å². The number of nitrogens with zero attached hydrogens (tertiary/aromatic N) is 2. The van der Waals surface area contributed by atoms with Gasteiger partial charge in [-0.15, -0.1) is 0 Å². The van der Waals surface area contributed by atoms with E-state index < -0.39 is 0 Å². The molecule has 5 heteroatoms. The first-order chi connectivity index (χ1) is 11.7. The van der Waals surface area contributed by atoms with Crippen molar-refractivity contribution in [2.75, 3.05) is 31.6 Å². The Morgan fingerprint density at radius 1 is 1.17 bits per heavy atom. The molecule has 0 aromatic heterocycles. The van der Waals surface area contributed by atoms with E-state index in [0.29, 0.717) is 12.1 Å². The molecule has 2 heterocycles. The first-order valence-corrected chi connectivity index (χ1v) is 9.12. The van der Waals surface area contributed by atoms with Gasteiger partial charge >= 0.3 is 0 Å². The number of amides is 1. The monoisotopic (exact) mass is 331 g/mol. The van der Waals surface area contributed by atoms with Gasteiger partial charge in [0.1, 0.15) is 0 Å². The Balaban J connectivity index is 1.65. The van der Waals surface area contributed by atoms with Gasteiger partial charge in [0.2, 0.25) is 5.91 Å². The number of nitrogens with one attached hydrogen (secondary N) is 1. The van der Waals surface area contributed by atoms with Crippen LogP contribution in [0.2, 0.25) is 0 Å². The highest BCUT2D eigenvalue weighted by Crippen LogP contribution is 2.26. The van der Waals surface area contributed by atoms with Crippen LogP contribution in [0.1, 0.15) is 38.2 Å². The van der Waals surface area contributed by atoms with Crippen molar-refractivity contribution in [1.29, 1.82) is 0 Å². The van der Waals surface area contributed by atoms with Crippen molar-refractivity contribution in [2.24, 2.45) is 0 Å². The fraction of sp³-hybridized carbons (Fsp3) is 0.632. The van der Waals surface area contributed by atoms with Crippen LogP contribution in [-0.2, 0) is 11.3 Å². The Kier molecular flexibility index (Phi) is 5.87. The number of anilines is 1. The topological polar surface area (TPSA) is 55.8 Å². The molecule has 2 aliphatic rings. The van der Waals surface area contributed by atoms with E-state index in [2.05, 4.69) is 21.2 Å². The molecule has 2 fully saturated rings. The van der Waals surface area contributed by atoms with Crippen LogP contribution in [0, 0.1) is 0 Å². The molecule has 0 radical (unpaired) electrons. The predicted octanol–water partition coefficient (Wildman–Crippen LogP) is 2.07. The summed E-state index contributed by atoms with van der Waals surface area (Å²) in [5, 5.41) is 12.5. The van der Waals surface area contributed by atoms with Gasteiger partial charge < -0.3 is 10.4 Å². The quantitative estimate of drug-likeness (QED) is 0.838. The summed E-state index contributed by atoms with van der Waals surface area (Å²) in [4.78, 5) is 16.4. The number of carbonyl (C=O) groups excluding carboxylic acids is 1. The van der Waals surface area contributed by atoms with Gasteiger partial charge in [-0.05, 0) is 50.4 Å². The van der Waals surface area contributed by atoms with Crippen LogP contribution in [0.3, 0.4) is 0 Å². The maximum atomic E-state index is 11.4. The SMILES string of the molecule is CC(=O)Nc1ccccc1CN1CCC[C@@H]1CN1CCC[C@@H]1CO. The normalized spacial score (nSPS) is 25.2. The minimum atomic E-state index is -0.0247. The largest absolute Gasteiger partial charge is 0.395 e. The molecule has 1 aromatic carbocycles. The highest BCUT2D eigenvalue weighted by atomic mass is 16.3. The number of likely N-dealkylation sites (tertiary alicyclic amines) is 2. The third-order valence-corrected chi connectivity index (χ3v) is 5.36. The number of carbonyl (C=O) groups is 1. The second-order valence-electron chi connectivity index (χ2n) is 7.08. The Bertz CT molecular complexity index is 563. The van der Waals surface area contributed by atoms with E-state index >= 15 is 0 Å². The fourth-order valence-corrected chi connectivity index (χ4v) is 4.11. The lowest BCUT2D eigenvalue weighted by Crippen LogP contribution is -2.43. The first-order valence-electron chi connectivity index (χ1n) is 9.12. The maximum absolute atomic E-state index is 11.4. The Morgan fingerprint density at radius 3 is 2.62 bits per heavy atom. The highest BCUT2D eigenvalue weighted by molar-refractivity contribution is 5.89. The van der Waals surface area contributed by atoms with Crippen LogP contribution < -0.4 is 5.32 Å². The number of aliphatic hydroxyl groups is 1. The molecule has 132 valence electrons. The molecule has 0 bridgehead atoms. The summed E-state index contributed by atoms with van der Waals surface area (Å²) in [5.41, 5.74) is 2.10. The van der Waals surface area contributed by atoms with Crippen LogP contribution >= 0.6 is 0 Å². The summed E-state index contributed by atoms with van der Waals surface area (Å²) in [5.74, 6) is -0.0247. The van der Waals surface area contributed by atoms with Gasteiger partial charge in [-0.3, -0.25) is 14.6 Å². The number of hydrogen-bond donors (Lipinski definition) is 2. The minimum Gasteiger partial charge on any atom is -0.395 e. The van der Waals surface area contributed by atoms with E-state index in [1.165, 1.54) is 24.8 Å². The zero-order chi connectivity index (χ0) is 16.9. The second-order valence-corrected chi connectivity index (χ2v) is 7.08. The van der Waals surface area contributed by atoms with Gasteiger partial charge in [-0.2, -0.15) is 0 Å². The summed E-state index contributed by atoms with van der Waals surface area (Å²) < 4.78 is 0. The van der Waals surface area contributed by atoms with E-state index in [1.54, 1.807) is 6.92 Å². The third-order valence-electron chi connectivity index (χ3n) is 5.36. The smallest absolute Gasteiger partial charge is 0.221 e. The molecular formula is C19H29N3O2. The van der Waals surface area contributed by atoms with Gasteiger partial charge in [-0.25, -0.2) is 0 Å². The summed E-state index contributed by atoms with van der Waals surface area (Å²) in [7, 11) is 0. The number of benzene rings is 1. The van der Waals surface area contributed by atoms with Crippen molar-refractivity contribution in [3.8, 4) is 0 Å². The molecule has 2 atom stereocenters. The fourth-order valence-electron chi connectivity index (χ4n) is 4.11. The summed E-state index contributed by atoms with van der Waals surface area (Å²) in [6.07, 6.45) is 4.76. The van der Waals surface area contributed by atoms with Crippen LogP contribution in [0.15, 0.2) is 24.3 Å². The molecule has 24 heavy (non-hydrogen) atoms. The van der Waals surface area contributed by atoms with Gasteiger partial charge in [0.25, 0.3) is 0 Å². The number of aliphatic hydroxyl groups excluding tert-OH is 1. The lowest BCUT2D eigenvalue weighted by atomic mass is 10.1. The average molecular weight is 331 g/mol. The van der Waals surface area contributed by atoms with Crippen molar-refractivity contribution in [1.82, 2.24) is 9.80 Å². The van der Waals surface area contributed by atoms with E-state index in [1.807, 2.05) is 18.2 Å². The number of para-hydroxylation sites is 1. The van der Waals surface area contributed by atoms with E-state index in [0.717, 1.165) is 38.3 Å². The second kappa shape index (κ2) is 8.10. The molecule has 2 N–H and O–H groups in total. The summed E-state index contributed by atoms with van der Waals surface area (Å²) in [6.45, 7) is 5.97. The molecule has 0 aliphatic carbocycles. The van der Waals surface area contributed by atoms with E-state index in [9.17, 15) is 9.90 Å². The molecular weight excluding hydrogens is 302 g/mol. The average Bonchev–Trinajstić information content (AvgIpc) is 3.19. The van der Waals surface area contributed by atoms with Gasteiger partial charge in [0, 0.05) is 37.8 Å². The molecule has 5 nitrogen and oxygen atoms in total. The molecule has 0 spiro atoms. The lowest BCUT2D eigenvalue weighted by Gasteiger charge is -2.31. The van der Waals surface area contributed by atoms with Crippen molar-refractivity contribution < 1.29 is 9.90 Å². The predicted molar refractivity (Wildman–Crippen MR) is 95.9 cm³/mol. The molecule has 3 rings (SSSR count). The first kappa shape index (κ1) is 17.4. The van der Waals surface area contributed by atoms with Crippen LogP contribution in [0.25, 0.3) is 0 Å². The number of rotatable bonds is 6. The standard InChI is InChI=1S/C19H29N3O2/c1-15(24)20-19-9-3-2-6-16(19)12-21-10-4-7-17(21)13-22-11-5-8-18(22)14-23/h2-3,6,9,17-18,23H,4-5,7-8,10-14H2,1H3,(H,20,24)/t17-,18-/m1/s1. The maximum Gasteiger partial charge on any atom is 0.221 e. The highest BCUT2D eigenvalue weighted by Gasteiger charge is 2.31. The van der Waals surface area contributed by atoms with Crippen molar-refractivity contribution >= 4 is 11.6 Å². The third kappa shape index (κ3) is 4.15. The molecule has 2 saturated heterocycles. The van der Waals surface area contributed by atoms with Crippen LogP contribution in [0.5, 0.6) is 0 Å². The summed E-state index contributed by atoms with van der Waals surface area (Å²) in [6, 6.07) is 8.97. The molecule has 0 saturated carbocycles. The van der Waals surface area contributed by atoms with Gasteiger partial charge in [0.05, 0.1) is 6.61 Å². The Morgan fingerprint density at radius 2 is 1.88 bits per heavy atom. The Labute approximate surface area is 144 Å². The van der Waals surface area contributed by atoms with Crippen molar-refractivity contribution in [3.05, 3.63) is 29.8 Å². The lowest BCUT2D eigenvalue weighted by molar-refractivity contribution is -0.114.